The number of carbonyl (C=O) groups is 2. The van der Waals surface area contributed by atoms with Crippen molar-refractivity contribution in [1.29, 1.82) is 0 Å². The van der Waals surface area contributed by atoms with Gasteiger partial charge >= 0.3 is 0 Å². The number of hydrogen-bond donors (Lipinski definition) is 2. The standard InChI is InChI=1S/C12H22N4O2/c1-9(2)15-12(13-3)14-7-8-16-10(17)5-4-6-11(16)18/h9H,4-8H2,1-3H3,(H2,13,14,15). The first-order chi connectivity index (χ1) is 8.54. The molecule has 18 heavy (non-hydrogen) atoms. The molecular formula is C12H22N4O2. The summed E-state index contributed by atoms with van der Waals surface area (Å²) in [5.41, 5.74) is 0. The van der Waals surface area contributed by atoms with Crippen LogP contribution in [0.4, 0.5) is 0 Å². The fraction of sp³-hybridized carbons (Fsp3) is 0.750. The van der Waals surface area contributed by atoms with E-state index in [0.29, 0.717) is 38.3 Å². The van der Waals surface area contributed by atoms with Crippen LogP contribution in [0.3, 0.4) is 0 Å². The van der Waals surface area contributed by atoms with Crippen molar-refractivity contribution in [1.82, 2.24) is 15.5 Å². The van der Waals surface area contributed by atoms with Crippen LogP contribution in [0.15, 0.2) is 4.99 Å². The predicted octanol–water partition coefficient (Wildman–Crippen LogP) is 0.0989. The van der Waals surface area contributed by atoms with E-state index in [9.17, 15) is 9.59 Å². The highest BCUT2D eigenvalue weighted by Crippen LogP contribution is 2.11. The van der Waals surface area contributed by atoms with Crippen molar-refractivity contribution in [3.8, 4) is 0 Å². The van der Waals surface area contributed by atoms with Gasteiger partial charge in [-0.2, -0.15) is 0 Å². The molecule has 0 unspecified atom stereocenters. The van der Waals surface area contributed by atoms with E-state index >= 15 is 0 Å². The van der Waals surface area contributed by atoms with Gasteiger partial charge in [0.1, 0.15) is 0 Å². The van der Waals surface area contributed by atoms with Crippen molar-refractivity contribution in [2.45, 2.75) is 39.2 Å². The molecular weight excluding hydrogens is 232 g/mol. The number of nitrogens with zero attached hydrogens (tertiary/aromatic N) is 2. The third-order valence-corrected chi connectivity index (χ3v) is 2.66. The fourth-order valence-corrected chi connectivity index (χ4v) is 1.80. The van der Waals surface area contributed by atoms with Crippen molar-refractivity contribution in [2.75, 3.05) is 20.1 Å². The van der Waals surface area contributed by atoms with E-state index in [-0.39, 0.29) is 17.9 Å². The zero-order valence-corrected chi connectivity index (χ0v) is 11.3. The zero-order valence-electron chi connectivity index (χ0n) is 11.3. The molecule has 0 spiro atoms. The number of likely N-dealkylation sites (tertiary alicyclic amines) is 1. The number of imide groups is 1. The first kappa shape index (κ1) is 14.5. The summed E-state index contributed by atoms with van der Waals surface area (Å²) in [5, 5.41) is 6.22. The van der Waals surface area contributed by atoms with Gasteiger partial charge in [0.25, 0.3) is 0 Å². The quantitative estimate of drug-likeness (QED) is 0.424. The molecule has 6 nitrogen and oxygen atoms in total. The van der Waals surface area contributed by atoms with Crippen LogP contribution < -0.4 is 10.6 Å². The molecule has 0 aromatic carbocycles. The lowest BCUT2D eigenvalue weighted by atomic mass is 10.1. The highest BCUT2D eigenvalue weighted by Gasteiger charge is 2.25. The molecule has 0 radical (unpaired) electrons. The normalized spacial score (nSPS) is 17.3. The summed E-state index contributed by atoms with van der Waals surface area (Å²) >= 11 is 0. The Morgan fingerprint density at radius 3 is 2.44 bits per heavy atom. The van der Waals surface area contributed by atoms with Crippen molar-refractivity contribution in [3.05, 3.63) is 0 Å². The summed E-state index contributed by atoms with van der Waals surface area (Å²) in [7, 11) is 1.69. The van der Waals surface area contributed by atoms with Crippen molar-refractivity contribution >= 4 is 17.8 Å². The van der Waals surface area contributed by atoms with Crippen LogP contribution in [0, 0.1) is 0 Å². The second kappa shape index (κ2) is 6.98. The van der Waals surface area contributed by atoms with Gasteiger partial charge in [-0.25, -0.2) is 0 Å². The Kier molecular flexibility index (Phi) is 5.61. The van der Waals surface area contributed by atoms with E-state index in [2.05, 4.69) is 15.6 Å². The van der Waals surface area contributed by atoms with E-state index in [4.69, 9.17) is 0 Å². The lowest BCUT2D eigenvalue weighted by Gasteiger charge is -2.25. The smallest absolute Gasteiger partial charge is 0.229 e. The van der Waals surface area contributed by atoms with Crippen LogP contribution in [0.5, 0.6) is 0 Å². The van der Waals surface area contributed by atoms with Crippen LogP contribution in [0.2, 0.25) is 0 Å². The second-order valence-corrected chi connectivity index (χ2v) is 4.59. The number of carbonyl (C=O) groups excluding carboxylic acids is 2. The van der Waals surface area contributed by atoms with Gasteiger partial charge in [0, 0.05) is 39.0 Å². The molecule has 1 rings (SSSR count). The SMILES string of the molecule is CN=C(NCCN1C(=O)CCCC1=O)NC(C)C. The Balaban J connectivity index is 2.36. The number of hydrogen-bond acceptors (Lipinski definition) is 3. The first-order valence-corrected chi connectivity index (χ1v) is 6.35. The third kappa shape index (κ3) is 4.35. The largest absolute Gasteiger partial charge is 0.355 e. The minimum Gasteiger partial charge on any atom is -0.355 e. The van der Waals surface area contributed by atoms with Crippen LogP contribution >= 0.6 is 0 Å². The molecule has 1 saturated heterocycles. The van der Waals surface area contributed by atoms with Gasteiger partial charge in [-0.05, 0) is 20.3 Å². The molecule has 1 aliphatic rings. The average Bonchev–Trinajstić information content (AvgIpc) is 2.31. The third-order valence-electron chi connectivity index (χ3n) is 2.66. The lowest BCUT2D eigenvalue weighted by molar-refractivity contribution is -0.147. The van der Waals surface area contributed by atoms with Gasteiger partial charge in [-0.15, -0.1) is 0 Å². The number of rotatable bonds is 4. The van der Waals surface area contributed by atoms with Crippen molar-refractivity contribution in [2.24, 2.45) is 4.99 Å². The van der Waals surface area contributed by atoms with Gasteiger partial charge in [-0.1, -0.05) is 0 Å². The van der Waals surface area contributed by atoms with Gasteiger partial charge < -0.3 is 10.6 Å². The second-order valence-electron chi connectivity index (χ2n) is 4.59. The van der Waals surface area contributed by atoms with E-state index in [1.54, 1.807) is 7.05 Å². The number of guanidine groups is 1. The van der Waals surface area contributed by atoms with Gasteiger partial charge in [0.15, 0.2) is 5.96 Å². The maximum Gasteiger partial charge on any atom is 0.229 e. The van der Waals surface area contributed by atoms with Crippen LogP contribution in [-0.2, 0) is 9.59 Å². The highest BCUT2D eigenvalue weighted by atomic mass is 16.2. The molecule has 0 aliphatic carbocycles. The van der Waals surface area contributed by atoms with Crippen molar-refractivity contribution < 1.29 is 9.59 Å². The molecule has 0 bridgehead atoms. The Labute approximate surface area is 108 Å². The fourth-order valence-electron chi connectivity index (χ4n) is 1.80. The maximum atomic E-state index is 11.6. The molecule has 0 aromatic heterocycles. The number of aliphatic imine (C=N–C) groups is 1. The monoisotopic (exact) mass is 254 g/mol. The Bertz CT molecular complexity index is 323. The zero-order chi connectivity index (χ0) is 13.5. The summed E-state index contributed by atoms with van der Waals surface area (Å²) < 4.78 is 0. The minimum absolute atomic E-state index is 0.0696. The summed E-state index contributed by atoms with van der Waals surface area (Å²) in [6, 6.07) is 0.287. The van der Waals surface area contributed by atoms with Gasteiger partial charge in [0.2, 0.25) is 11.8 Å². The summed E-state index contributed by atoms with van der Waals surface area (Å²) in [6.45, 7) is 4.95. The van der Waals surface area contributed by atoms with E-state index < -0.39 is 0 Å². The molecule has 0 saturated carbocycles. The summed E-state index contributed by atoms with van der Waals surface area (Å²) in [5.74, 6) is 0.543. The maximum absolute atomic E-state index is 11.6. The number of amides is 2. The minimum atomic E-state index is -0.0696. The van der Waals surface area contributed by atoms with Gasteiger partial charge in [0.05, 0.1) is 0 Å². The molecule has 2 N–H and O–H groups in total. The van der Waals surface area contributed by atoms with Gasteiger partial charge in [-0.3, -0.25) is 19.5 Å². The molecule has 1 fully saturated rings. The Hall–Kier alpha value is -1.59. The van der Waals surface area contributed by atoms with E-state index in [0.717, 1.165) is 0 Å². The van der Waals surface area contributed by atoms with E-state index in [1.165, 1.54) is 4.90 Å². The first-order valence-electron chi connectivity index (χ1n) is 6.35. The van der Waals surface area contributed by atoms with Crippen molar-refractivity contribution in [3.63, 3.8) is 0 Å². The molecule has 102 valence electrons. The van der Waals surface area contributed by atoms with E-state index in [1.807, 2.05) is 13.8 Å². The molecule has 0 aromatic rings. The lowest BCUT2D eigenvalue weighted by Crippen LogP contribution is -2.47. The molecule has 6 heteroatoms. The molecule has 2 amide bonds. The predicted molar refractivity (Wildman–Crippen MR) is 70.2 cm³/mol. The van der Waals surface area contributed by atoms with Crippen LogP contribution in [0.1, 0.15) is 33.1 Å². The Morgan fingerprint density at radius 1 is 1.33 bits per heavy atom. The highest BCUT2D eigenvalue weighted by molar-refractivity contribution is 5.97. The molecule has 0 atom stereocenters. The topological polar surface area (TPSA) is 73.8 Å². The van der Waals surface area contributed by atoms with Crippen LogP contribution in [-0.4, -0.2) is 48.9 Å². The summed E-state index contributed by atoms with van der Waals surface area (Å²) in [4.78, 5) is 28.5. The Morgan fingerprint density at radius 2 is 1.94 bits per heavy atom. The molecule has 1 heterocycles. The number of piperidine rings is 1. The van der Waals surface area contributed by atoms with Crippen LogP contribution in [0.25, 0.3) is 0 Å². The average molecular weight is 254 g/mol. The molecule has 1 aliphatic heterocycles. The number of nitrogens with one attached hydrogen (secondary N) is 2. The summed E-state index contributed by atoms with van der Waals surface area (Å²) in [6.07, 6.45) is 1.63.